The summed E-state index contributed by atoms with van der Waals surface area (Å²) in [6, 6.07) is 15.7. The smallest absolute Gasteiger partial charge is 0.220 e. The molecule has 1 aromatic carbocycles. The molecule has 140 valence electrons. The van der Waals surface area contributed by atoms with E-state index in [0.29, 0.717) is 31.1 Å². The maximum atomic E-state index is 11.9. The zero-order chi connectivity index (χ0) is 19.1. The van der Waals surface area contributed by atoms with Crippen molar-refractivity contribution in [1.29, 1.82) is 0 Å². The molecule has 0 atom stereocenters. The van der Waals surface area contributed by atoms with Crippen molar-refractivity contribution in [3.63, 3.8) is 0 Å². The predicted molar refractivity (Wildman–Crippen MR) is 105 cm³/mol. The van der Waals surface area contributed by atoms with Crippen molar-refractivity contribution in [3.05, 3.63) is 65.5 Å². The van der Waals surface area contributed by atoms with Crippen molar-refractivity contribution in [3.8, 4) is 5.82 Å². The predicted octanol–water partition coefficient (Wildman–Crippen LogP) is 2.44. The molecule has 3 aromatic rings. The standard InChI is InChI=1S/C20H24N6O/c1-15-14-16(2)26(25-15)19-10-9-18(23-24-19)21-12-13-22-20(27)11-8-17-6-4-3-5-7-17/h3-7,9-10,14H,8,11-13H2,1-2H3,(H,21,23)(H,22,27). The summed E-state index contributed by atoms with van der Waals surface area (Å²) in [7, 11) is 0. The molecule has 1 amide bonds. The van der Waals surface area contributed by atoms with E-state index in [4.69, 9.17) is 0 Å². The lowest BCUT2D eigenvalue weighted by Crippen LogP contribution is -2.29. The molecule has 0 bridgehead atoms. The van der Waals surface area contributed by atoms with Gasteiger partial charge in [0, 0.05) is 25.2 Å². The number of amides is 1. The highest BCUT2D eigenvalue weighted by molar-refractivity contribution is 5.76. The van der Waals surface area contributed by atoms with Gasteiger partial charge in [-0.25, -0.2) is 4.68 Å². The molecule has 2 aromatic heterocycles. The second-order valence-electron chi connectivity index (χ2n) is 6.38. The Morgan fingerprint density at radius 2 is 1.85 bits per heavy atom. The first-order valence-electron chi connectivity index (χ1n) is 9.04. The number of hydrogen-bond acceptors (Lipinski definition) is 5. The Kier molecular flexibility index (Phi) is 6.14. The number of aryl methyl sites for hydroxylation is 3. The second kappa shape index (κ2) is 8.93. The molecule has 7 nitrogen and oxygen atoms in total. The van der Waals surface area contributed by atoms with Gasteiger partial charge >= 0.3 is 0 Å². The molecular formula is C20H24N6O. The van der Waals surface area contributed by atoms with Crippen LogP contribution in [0.1, 0.15) is 23.4 Å². The van der Waals surface area contributed by atoms with Gasteiger partial charge in [-0.15, -0.1) is 10.2 Å². The highest BCUT2D eigenvalue weighted by Crippen LogP contribution is 2.10. The quantitative estimate of drug-likeness (QED) is 0.600. The summed E-state index contributed by atoms with van der Waals surface area (Å²) < 4.78 is 1.76. The molecule has 7 heteroatoms. The van der Waals surface area contributed by atoms with Crippen molar-refractivity contribution in [1.82, 2.24) is 25.3 Å². The van der Waals surface area contributed by atoms with Gasteiger partial charge in [0.2, 0.25) is 5.91 Å². The molecule has 0 fully saturated rings. The fourth-order valence-corrected chi connectivity index (χ4v) is 2.78. The maximum absolute atomic E-state index is 11.9. The molecule has 2 N–H and O–H groups in total. The molecule has 2 heterocycles. The van der Waals surface area contributed by atoms with Gasteiger partial charge in [0.05, 0.1) is 5.69 Å². The third-order valence-electron chi connectivity index (χ3n) is 4.11. The van der Waals surface area contributed by atoms with Crippen molar-refractivity contribution < 1.29 is 4.79 Å². The first-order valence-corrected chi connectivity index (χ1v) is 9.04. The van der Waals surface area contributed by atoms with Gasteiger partial charge in [-0.05, 0) is 44.0 Å². The molecule has 0 aliphatic heterocycles. The molecule has 0 radical (unpaired) electrons. The van der Waals surface area contributed by atoms with E-state index in [1.54, 1.807) is 4.68 Å². The Bertz CT molecular complexity index is 873. The number of carbonyl (C=O) groups is 1. The van der Waals surface area contributed by atoms with Gasteiger partial charge in [-0.2, -0.15) is 5.10 Å². The minimum atomic E-state index is 0.0478. The van der Waals surface area contributed by atoms with Gasteiger partial charge in [-0.1, -0.05) is 30.3 Å². The van der Waals surface area contributed by atoms with Crippen LogP contribution in [0, 0.1) is 13.8 Å². The average Bonchev–Trinajstić information content (AvgIpc) is 3.03. The number of nitrogens with one attached hydrogen (secondary N) is 2. The van der Waals surface area contributed by atoms with Crippen molar-refractivity contribution in [2.24, 2.45) is 0 Å². The summed E-state index contributed by atoms with van der Waals surface area (Å²) in [4.78, 5) is 11.9. The summed E-state index contributed by atoms with van der Waals surface area (Å²) in [6.07, 6.45) is 1.24. The Balaban J connectivity index is 1.39. The molecule has 3 rings (SSSR count). The van der Waals surface area contributed by atoms with Gasteiger partial charge in [0.15, 0.2) is 5.82 Å². The van der Waals surface area contributed by atoms with Crippen LogP contribution in [0.15, 0.2) is 48.5 Å². The third-order valence-corrected chi connectivity index (χ3v) is 4.11. The van der Waals surface area contributed by atoms with E-state index < -0.39 is 0 Å². The van der Waals surface area contributed by atoms with Crippen LogP contribution in [0.2, 0.25) is 0 Å². The SMILES string of the molecule is Cc1cc(C)n(-c2ccc(NCCNC(=O)CCc3ccccc3)nn2)n1. The number of rotatable bonds is 8. The lowest BCUT2D eigenvalue weighted by atomic mass is 10.1. The normalized spacial score (nSPS) is 10.6. The summed E-state index contributed by atoms with van der Waals surface area (Å²) in [5.74, 6) is 1.39. The summed E-state index contributed by atoms with van der Waals surface area (Å²) in [5.41, 5.74) is 3.13. The minimum Gasteiger partial charge on any atom is -0.367 e. The Hall–Kier alpha value is -3.22. The zero-order valence-corrected chi connectivity index (χ0v) is 15.6. The first kappa shape index (κ1) is 18.6. The van der Waals surface area contributed by atoms with Crippen molar-refractivity contribution in [2.45, 2.75) is 26.7 Å². The fourth-order valence-electron chi connectivity index (χ4n) is 2.78. The van der Waals surface area contributed by atoms with Crippen molar-refractivity contribution in [2.75, 3.05) is 18.4 Å². The average molecular weight is 364 g/mol. The maximum Gasteiger partial charge on any atom is 0.220 e. The van der Waals surface area contributed by atoms with E-state index in [9.17, 15) is 4.79 Å². The van der Waals surface area contributed by atoms with Crippen LogP contribution in [-0.4, -0.2) is 39.0 Å². The van der Waals surface area contributed by atoms with E-state index in [-0.39, 0.29) is 5.91 Å². The Morgan fingerprint density at radius 1 is 1.04 bits per heavy atom. The van der Waals surface area contributed by atoms with Crippen LogP contribution in [0.5, 0.6) is 0 Å². The Morgan fingerprint density at radius 3 is 2.52 bits per heavy atom. The van der Waals surface area contributed by atoms with E-state index in [2.05, 4.69) is 25.9 Å². The lowest BCUT2D eigenvalue weighted by Gasteiger charge is -2.08. The highest BCUT2D eigenvalue weighted by atomic mass is 16.1. The number of nitrogens with zero attached hydrogens (tertiary/aromatic N) is 4. The first-order chi connectivity index (χ1) is 13.1. The zero-order valence-electron chi connectivity index (χ0n) is 15.6. The highest BCUT2D eigenvalue weighted by Gasteiger charge is 2.06. The van der Waals surface area contributed by atoms with Crippen molar-refractivity contribution >= 4 is 11.7 Å². The summed E-state index contributed by atoms with van der Waals surface area (Å²) in [5, 5.41) is 18.8. The van der Waals surface area contributed by atoms with Crippen LogP contribution in [0.25, 0.3) is 5.82 Å². The van der Waals surface area contributed by atoms with Crippen LogP contribution in [-0.2, 0) is 11.2 Å². The molecule has 0 spiro atoms. The van der Waals surface area contributed by atoms with Gasteiger partial charge < -0.3 is 10.6 Å². The number of hydrogen-bond donors (Lipinski definition) is 2. The van der Waals surface area contributed by atoms with Gasteiger partial charge in [0.1, 0.15) is 5.82 Å². The molecule has 0 saturated heterocycles. The van der Waals surface area contributed by atoms with Gasteiger partial charge in [0.25, 0.3) is 0 Å². The Labute approximate surface area is 158 Å². The third kappa shape index (κ3) is 5.37. The molecule has 0 saturated carbocycles. The summed E-state index contributed by atoms with van der Waals surface area (Å²) >= 11 is 0. The molecular weight excluding hydrogens is 340 g/mol. The number of benzene rings is 1. The number of anilines is 1. The van der Waals surface area contributed by atoms with E-state index in [1.807, 2.05) is 62.4 Å². The lowest BCUT2D eigenvalue weighted by molar-refractivity contribution is -0.120. The second-order valence-corrected chi connectivity index (χ2v) is 6.38. The summed E-state index contributed by atoms with van der Waals surface area (Å²) in [6.45, 7) is 5.05. The van der Waals surface area contributed by atoms with Gasteiger partial charge in [-0.3, -0.25) is 4.79 Å². The van der Waals surface area contributed by atoms with Crippen LogP contribution >= 0.6 is 0 Å². The number of carbonyl (C=O) groups excluding carboxylic acids is 1. The molecule has 0 aliphatic carbocycles. The minimum absolute atomic E-state index is 0.0478. The fraction of sp³-hybridized carbons (Fsp3) is 0.300. The van der Waals surface area contributed by atoms with E-state index >= 15 is 0 Å². The van der Waals surface area contributed by atoms with Crippen LogP contribution < -0.4 is 10.6 Å². The van der Waals surface area contributed by atoms with E-state index in [0.717, 1.165) is 17.8 Å². The van der Waals surface area contributed by atoms with Crippen LogP contribution in [0.3, 0.4) is 0 Å². The monoisotopic (exact) mass is 364 g/mol. The topological polar surface area (TPSA) is 84.7 Å². The largest absolute Gasteiger partial charge is 0.367 e. The molecule has 0 unspecified atom stereocenters. The van der Waals surface area contributed by atoms with E-state index in [1.165, 1.54) is 5.56 Å². The molecule has 27 heavy (non-hydrogen) atoms. The number of aromatic nitrogens is 4. The molecule has 0 aliphatic rings. The van der Waals surface area contributed by atoms with Crippen LogP contribution in [0.4, 0.5) is 5.82 Å².